The Kier molecular flexibility index (Phi) is 4.79. The molecule has 13 heavy (non-hydrogen) atoms. The smallest absolute Gasteiger partial charge is 0.404 e. The van der Waals surface area contributed by atoms with E-state index < -0.39 is 18.1 Å². The Morgan fingerprint density at radius 3 is 1.85 bits per heavy atom. The Morgan fingerprint density at radius 1 is 1.23 bits per heavy atom. The van der Waals surface area contributed by atoms with Gasteiger partial charge in [0.2, 0.25) is 0 Å². The third kappa shape index (κ3) is 6.43. The standard InChI is InChI=1S/C6H9N3O4/c7-1-4(2-8-5(10)11)3-9-6(12)13/h4,8-9H,2-3H2,(H,10,11)(H,12,13). The van der Waals surface area contributed by atoms with Crippen molar-refractivity contribution in [2.24, 2.45) is 5.92 Å². The van der Waals surface area contributed by atoms with Crippen LogP contribution in [0.15, 0.2) is 0 Å². The first-order chi connectivity index (χ1) is 6.06. The second-order valence-corrected chi connectivity index (χ2v) is 2.20. The third-order valence-corrected chi connectivity index (χ3v) is 1.18. The van der Waals surface area contributed by atoms with Crippen LogP contribution in [0.2, 0.25) is 0 Å². The maximum absolute atomic E-state index is 10.0. The minimum Gasteiger partial charge on any atom is -0.465 e. The highest BCUT2D eigenvalue weighted by molar-refractivity contribution is 5.65. The first kappa shape index (κ1) is 11.0. The van der Waals surface area contributed by atoms with Crippen LogP contribution in [0.25, 0.3) is 0 Å². The van der Waals surface area contributed by atoms with Gasteiger partial charge in [0.1, 0.15) is 0 Å². The first-order valence-electron chi connectivity index (χ1n) is 3.39. The maximum atomic E-state index is 10.0. The maximum Gasteiger partial charge on any atom is 0.404 e. The zero-order valence-electron chi connectivity index (χ0n) is 6.65. The molecule has 0 atom stereocenters. The molecule has 0 aromatic heterocycles. The normalized spacial score (nSPS) is 8.92. The van der Waals surface area contributed by atoms with E-state index in [1.165, 1.54) is 0 Å². The SMILES string of the molecule is N#CC(CNC(=O)O)CNC(=O)O. The van der Waals surface area contributed by atoms with Gasteiger partial charge in [0, 0.05) is 13.1 Å². The number of amides is 2. The predicted molar refractivity (Wildman–Crippen MR) is 41.2 cm³/mol. The van der Waals surface area contributed by atoms with Gasteiger partial charge in [0.05, 0.1) is 12.0 Å². The quantitative estimate of drug-likeness (QED) is 0.479. The fourth-order valence-corrected chi connectivity index (χ4v) is 0.584. The van der Waals surface area contributed by atoms with Crippen molar-refractivity contribution in [3.8, 4) is 6.07 Å². The molecule has 7 nitrogen and oxygen atoms in total. The van der Waals surface area contributed by atoms with E-state index in [4.69, 9.17) is 15.5 Å². The number of hydrogen-bond acceptors (Lipinski definition) is 3. The molecule has 0 saturated heterocycles. The fraction of sp³-hybridized carbons (Fsp3) is 0.500. The average molecular weight is 187 g/mol. The Balaban J connectivity index is 3.71. The zero-order valence-corrected chi connectivity index (χ0v) is 6.65. The molecular formula is C6H9N3O4. The van der Waals surface area contributed by atoms with Gasteiger partial charge in [-0.2, -0.15) is 5.26 Å². The number of rotatable bonds is 4. The molecule has 2 amide bonds. The van der Waals surface area contributed by atoms with Gasteiger partial charge in [-0.3, -0.25) is 0 Å². The highest BCUT2D eigenvalue weighted by atomic mass is 16.4. The Hall–Kier alpha value is -1.97. The van der Waals surface area contributed by atoms with Gasteiger partial charge < -0.3 is 20.8 Å². The van der Waals surface area contributed by atoms with Gasteiger partial charge in [0.25, 0.3) is 0 Å². The van der Waals surface area contributed by atoms with Gasteiger partial charge >= 0.3 is 12.2 Å². The van der Waals surface area contributed by atoms with Crippen molar-refractivity contribution in [1.29, 1.82) is 5.26 Å². The average Bonchev–Trinajstić information content (AvgIpc) is 2.04. The van der Waals surface area contributed by atoms with Crippen LogP contribution in [0.3, 0.4) is 0 Å². The molecule has 0 aliphatic rings. The van der Waals surface area contributed by atoms with Gasteiger partial charge in [-0.05, 0) is 0 Å². The minimum absolute atomic E-state index is 0.0912. The molecular weight excluding hydrogens is 178 g/mol. The summed E-state index contributed by atoms with van der Waals surface area (Å²) in [6.07, 6.45) is -2.48. The van der Waals surface area contributed by atoms with Gasteiger partial charge in [-0.1, -0.05) is 0 Å². The van der Waals surface area contributed by atoms with Crippen molar-refractivity contribution in [3.63, 3.8) is 0 Å². The summed E-state index contributed by atoms with van der Waals surface area (Å²) >= 11 is 0. The van der Waals surface area contributed by atoms with Crippen LogP contribution in [0.1, 0.15) is 0 Å². The van der Waals surface area contributed by atoms with Crippen molar-refractivity contribution >= 4 is 12.2 Å². The number of carbonyl (C=O) groups is 2. The molecule has 0 aliphatic carbocycles. The highest BCUT2D eigenvalue weighted by Crippen LogP contribution is 1.89. The van der Waals surface area contributed by atoms with Crippen LogP contribution in [0.5, 0.6) is 0 Å². The van der Waals surface area contributed by atoms with Crippen molar-refractivity contribution in [3.05, 3.63) is 0 Å². The number of hydrogen-bond donors (Lipinski definition) is 4. The molecule has 0 aromatic rings. The summed E-state index contributed by atoms with van der Waals surface area (Å²) in [7, 11) is 0. The largest absolute Gasteiger partial charge is 0.465 e. The molecule has 0 aromatic carbocycles. The molecule has 0 bridgehead atoms. The van der Waals surface area contributed by atoms with E-state index in [0.717, 1.165) is 0 Å². The lowest BCUT2D eigenvalue weighted by atomic mass is 10.2. The third-order valence-electron chi connectivity index (χ3n) is 1.18. The van der Waals surface area contributed by atoms with Crippen molar-refractivity contribution in [2.75, 3.05) is 13.1 Å². The fourth-order valence-electron chi connectivity index (χ4n) is 0.584. The summed E-state index contributed by atoms with van der Waals surface area (Å²) in [6, 6.07) is 1.76. The summed E-state index contributed by atoms with van der Waals surface area (Å²) in [5, 5.41) is 28.8. The second kappa shape index (κ2) is 5.65. The summed E-state index contributed by atoms with van der Waals surface area (Å²) in [6.45, 7) is -0.182. The second-order valence-electron chi connectivity index (χ2n) is 2.20. The summed E-state index contributed by atoms with van der Waals surface area (Å²) in [5.74, 6) is -0.688. The molecule has 72 valence electrons. The summed E-state index contributed by atoms with van der Waals surface area (Å²) in [5.41, 5.74) is 0. The van der Waals surface area contributed by atoms with E-state index in [-0.39, 0.29) is 13.1 Å². The van der Waals surface area contributed by atoms with Crippen molar-refractivity contribution in [1.82, 2.24) is 10.6 Å². The number of carboxylic acid groups (broad SMARTS) is 2. The molecule has 0 saturated carbocycles. The van der Waals surface area contributed by atoms with Crippen LogP contribution >= 0.6 is 0 Å². The summed E-state index contributed by atoms with van der Waals surface area (Å²) in [4.78, 5) is 20.0. The predicted octanol–water partition coefficient (Wildman–Crippen LogP) is -0.339. The lowest BCUT2D eigenvalue weighted by Gasteiger charge is -2.07. The molecule has 0 fully saturated rings. The minimum atomic E-state index is -1.24. The van der Waals surface area contributed by atoms with Gasteiger partial charge in [-0.25, -0.2) is 9.59 Å². The molecule has 0 spiro atoms. The van der Waals surface area contributed by atoms with E-state index in [9.17, 15) is 9.59 Å². The van der Waals surface area contributed by atoms with E-state index >= 15 is 0 Å². The molecule has 0 unspecified atom stereocenters. The first-order valence-corrected chi connectivity index (χ1v) is 3.39. The molecule has 7 heteroatoms. The molecule has 0 aliphatic heterocycles. The number of nitrogens with zero attached hydrogens (tertiary/aromatic N) is 1. The van der Waals surface area contributed by atoms with Crippen LogP contribution in [0.4, 0.5) is 9.59 Å². The van der Waals surface area contributed by atoms with Gasteiger partial charge in [-0.15, -0.1) is 0 Å². The lowest BCUT2D eigenvalue weighted by Crippen LogP contribution is -2.34. The Morgan fingerprint density at radius 2 is 1.62 bits per heavy atom. The highest BCUT2D eigenvalue weighted by Gasteiger charge is 2.09. The topological polar surface area (TPSA) is 122 Å². The number of nitriles is 1. The van der Waals surface area contributed by atoms with Crippen LogP contribution in [-0.2, 0) is 0 Å². The van der Waals surface area contributed by atoms with Crippen LogP contribution in [0, 0.1) is 17.2 Å². The molecule has 0 heterocycles. The van der Waals surface area contributed by atoms with Crippen molar-refractivity contribution < 1.29 is 19.8 Å². The number of nitrogens with one attached hydrogen (secondary N) is 2. The van der Waals surface area contributed by atoms with Crippen LogP contribution in [-0.4, -0.2) is 35.5 Å². The molecule has 0 rings (SSSR count). The monoisotopic (exact) mass is 187 g/mol. The van der Waals surface area contributed by atoms with E-state index in [1.54, 1.807) is 6.07 Å². The van der Waals surface area contributed by atoms with E-state index in [1.807, 2.05) is 10.6 Å². The van der Waals surface area contributed by atoms with Crippen molar-refractivity contribution in [2.45, 2.75) is 0 Å². The van der Waals surface area contributed by atoms with Gasteiger partial charge in [0.15, 0.2) is 0 Å². The van der Waals surface area contributed by atoms with E-state index in [0.29, 0.717) is 0 Å². The van der Waals surface area contributed by atoms with E-state index in [2.05, 4.69) is 0 Å². The molecule has 0 radical (unpaired) electrons. The van der Waals surface area contributed by atoms with Crippen LogP contribution < -0.4 is 10.6 Å². The zero-order chi connectivity index (χ0) is 10.3. The Labute approximate surface area is 74.0 Å². The lowest BCUT2D eigenvalue weighted by molar-refractivity contribution is 0.191. The Bertz CT molecular complexity index is 217. The molecule has 4 N–H and O–H groups in total. The summed E-state index contributed by atoms with van der Waals surface area (Å²) < 4.78 is 0.